The van der Waals surface area contributed by atoms with Gasteiger partial charge in [-0.1, -0.05) is 38.1 Å². The van der Waals surface area contributed by atoms with Crippen molar-refractivity contribution in [3.05, 3.63) is 71.0 Å². The lowest BCUT2D eigenvalue weighted by atomic mass is 9.91. The Bertz CT molecular complexity index is 928. The summed E-state index contributed by atoms with van der Waals surface area (Å²) in [5, 5.41) is 10.6. The Hall–Kier alpha value is -3.08. The monoisotopic (exact) mass is 379 g/mol. The first-order chi connectivity index (χ1) is 13.3. The van der Waals surface area contributed by atoms with Crippen molar-refractivity contribution in [3.63, 3.8) is 0 Å². The van der Waals surface area contributed by atoms with Gasteiger partial charge in [0.05, 0.1) is 18.2 Å². The van der Waals surface area contributed by atoms with Crippen molar-refractivity contribution in [1.29, 1.82) is 0 Å². The predicted octanol–water partition coefficient (Wildman–Crippen LogP) is 4.52. The largest absolute Gasteiger partial charge is 0.503 e. The highest BCUT2D eigenvalue weighted by molar-refractivity contribution is 6.16. The number of benzene rings is 2. The summed E-state index contributed by atoms with van der Waals surface area (Å²) in [4.78, 5) is 27.3. The van der Waals surface area contributed by atoms with Crippen LogP contribution < -0.4 is 9.64 Å². The second kappa shape index (κ2) is 7.89. The van der Waals surface area contributed by atoms with Gasteiger partial charge in [0.25, 0.3) is 5.91 Å². The second-order valence-electron chi connectivity index (χ2n) is 7.20. The van der Waals surface area contributed by atoms with E-state index in [1.807, 2.05) is 62.4 Å². The van der Waals surface area contributed by atoms with Crippen molar-refractivity contribution in [2.24, 2.45) is 5.92 Å². The average molecular weight is 379 g/mol. The summed E-state index contributed by atoms with van der Waals surface area (Å²) >= 11 is 0. The maximum absolute atomic E-state index is 12.9. The fourth-order valence-corrected chi connectivity index (χ4v) is 3.44. The summed E-state index contributed by atoms with van der Waals surface area (Å²) < 4.78 is 5.50. The maximum Gasteiger partial charge on any atom is 0.294 e. The lowest BCUT2D eigenvalue weighted by Gasteiger charge is -2.27. The topological polar surface area (TPSA) is 66.8 Å². The van der Waals surface area contributed by atoms with Crippen molar-refractivity contribution in [1.82, 2.24) is 0 Å². The minimum atomic E-state index is -0.681. The maximum atomic E-state index is 12.9. The summed E-state index contributed by atoms with van der Waals surface area (Å²) in [5.74, 6) is -0.900. The number of ketones is 1. The minimum Gasteiger partial charge on any atom is -0.503 e. The predicted molar refractivity (Wildman–Crippen MR) is 109 cm³/mol. The highest BCUT2D eigenvalue weighted by atomic mass is 16.5. The minimum absolute atomic E-state index is 0.144. The van der Waals surface area contributed by atoms with E-state index in [0.717, 1.165) is 11.1 Å². The molecule has 3 rings (SSSR count). The van der Waals surface area contributed by atoms with Crippen LogP contribution in [0.4, 0.5) is 5.69 Å². The number of rotatable bonds is 6. The quantitative estimate of drug-likeness (QED) is 0.801. The normalized spacial score (nSPS) is 16.8. The molecule has 28 heavy (non-hydrogen) atoms. The molecule has 2 aromatic rings. The van der Waals surface area contributed by atoms with Gasteiger partial charge in [-0.15, -0.1) is 0 Å². The molecule has 1 N–H and O–H groups in total. The van der Waals surface area contributed by atoms with E-state index in [1.165, 1.54) is 4.90 Å². The fraction of sp³-hybridized carbons (Fsp3) is 0.304. The molecule has 5 heteroatoms. The molecule has 1 amide bonds. The number of hydrogen-bond donors (Lipinski definition) is 1. The van der Waals surface area contributed by atoms with Crippen molar-refractivity contribution in [3.8, 4) is 5.75 Å². The number of amides is 1. The molecule has 5 nitrogen and oxygen atoms in total. The Labute approximate surface area is 165 Å². The van der Waals surface area contributed by atoms with E-state index in [0.29, 0.717) is 18.0 Å². The van der Waals surface area contributed by atoms with E-state index in [4.69, 9.17) is 4.74 Å². The lowest BCUT2D eigenvalue weighted by molar-refractivity contribution is -0.119. The van der Waals surface area contributed by atoms with E-state index in [-0.39, 0.29) is 17.3 Å². The molecule has 0 aliphatic carbocycles. The summed E-state index contributed by atoms with van der Waals surface area (Å²) in [7, 11) is 0. The second-order valence-corrected chi connectivity index (χ2v) is 7.20. The third-order valence-corrected chi connectivity index (χ3v) is 4.78. The SMILES string of the molecule is CCOc1ccc(C2C(C(=O)C(C)C)=C(O)C(=O)N2c2cccc(C)c2)cc1. The van der Waals surface area contributed by atoms with Gasteiger partial charge in [-0.3, -0.25) is 14.5 Å². The fourth-order valence-electron chi connectivity index (χ4n) is 3.44. The van der Waals surface area contributed by atoms with Gasteiger partial charge in [0, 0.05) is 11.6 Å². The van der Waals surface area contributed by atoms with Crippen LogP contribution in [-0.2, 0) is 9.59 Å². The number of nitrogens with zero attached hydrogens (tertiary/aromatic N) is 1. The highest BCUT2D eigenvalue weighted by Crippen LogP contribution is 2.42. The lowest BCUT2D eigenvalue weighted by Crippen LogP contribution is -2.31. The van der Waals surface area contributed by atoms with Crippen LogP contribution in [0.3, 0.4) is 0 Å². The molecule has 146 valence electrons. The molecule has 1 unspecified atom stereocenters. The van der Waals surface area contributed by atoms with Gasteiger partial charge in [-0.25, -0.2) is 0 Å². The Morgan fingerprint density at radius 3 is 2.43 bits per heavy atom. The Balaban J connectivity index is 2.14. The molecule has 0 aromatic heterocycles. The van der Waals surface area contributed by atoms with E-state index in [1.54, 1.807) is 13.8 Å². The highest BCUT2D eigenvalue weighted by Gasteiger charge is 2.44. The molecule has 0 spiro atoms. The van der Waals surface area contributed by atoms with Gasteiger partial charge in [0.2, 0.25) is 0 Å². The standard InChI is InChI=1S/C23H25NO4/c1-5-28-18-11-9-16(10-12-18)20-19(21(25)14(2)3)22(26)23(27)24(20)17-8-6-7-15(4)13-17/h6-14,20,26H,5H2,1-4H3. The summed E-state index contributed by atoms with van der Waals surface area (Å²) in [5.41, 5.74) is 2.51. The van der Waals surface area contributed by atoms with Crippen LogP contribution in [0, 0.1) is 12.8 Å². The molecule has 0 saturated carbocycles. The van der Waals surface area contributed by atoms with Crippen molar-refractivity contribution in [2.45, 2.75) is 33.7 Å². The Morgan fingerprint density at radius 1 is 1.18 bits per heavy atom. The number of aryl methyl sites for hydroxylation is 1. The first kappa shape index (κ1) is 19.7. The van der Waals surface area contributed by atoms with Crippen LogP contribution in [-0.4, -0.2) is 23.4 Å². The molecule has 1 atom stereocenters. The number of aliphatic hydroxyl groups excluding tert-OH is 1. The molecule has 2 aromatic carbocycles. The third-order valence-electron chi connectivity index (χ3n) is 4.78. The van der Waals surface area contributed by atoms with Crippen molar-refractivity contribution >= 4 is 17.4 Å². The zero-order chi connectivity index (χ0) is 20.4. The molecular weight excluding hydrogens is 354 g/mol. The first-order valence-corrected chi connectivity index (χ1v) is 9.45. The summed E-state index contributed by atoms with van der Waals surface area (Å²) in [6.45, 7) is 7.91. The smallest absolute Gasteiger partial charge is 0.294 e. The number of carbonyl (C=O) groups is 2. The summed E-state index contributed by atoms with van der Waals surface area (Å²) in [6, 6.07) is 14.1. The van der Waals surface area contributed by atoms with E-state index < -0.39 is 17.7 Å². The van der Waals surface area contributed by atoms with Gasteiger partial charge in [-0.2, -0.15) is 0 Å². The number of Topliss-reactive ketones (excluding diaryl/α,β-unsaturated/α-hetero) is 1. The molecule has 1 heterocycles. The van der Waals surface area contributed by atoms with Crippen LogP contribution in [0.2, 0.25) is 0 Å². The van der Waals surface area contributed by atoms with Gasteiger partial charge in [0.1, 0.15) is 5.75 Å². The van der Waals surface area contributed by atoms with Gasteiger partial charge in [0.15, 0.2) is 11.5 Å². The molecule has 1 aliphatic heterocycles. The van der Waals surface area contributed by atoms with Gasteiger partial charge in [-0.05, 0) is 49.2 Å². The number of aliphatic hydroxyl groups is 1. The molecule has 1 aliphatic rings. The van der Waals surface area contributed by atoms with Gasteiger partial charge >= 0.3 is 0 Å². The zero-order valence-electron chi connectivity index (χ0n) is 16.6. The van der Waals surface area contributed by atoms with Gasteiger partial charge < -0.3 is 9.84 Å². The Morgan fingerprint density at radius 2 is 1.86 bits per heavy atom. The number of anilines is 1. The average Bonchev–Trinajstić information content (AvgIpc) is 2.93. The number of carbonyl (C=O) groups excluding carboxylic acids is 2. The number of hydrogen-bond acceptors (Lipinski definition) is 4. The molecule has 0 radical (unpaired) electrons. The molecule has 0 fully saturated rings. The third kappa shape index (κ3) is 3.52. The van der Waals surface area contributed by atoms with Crippen molar-refractivity contribution < 1.29 is 19.4 Å². The van der Waals surface area contributed by atoms with E-state index in [9.17, 15) is 14.7 Å². The first-order valence-electron chi connectivity index (χ1n) is 9.45. The number of ether oxygens (including phenoxy) is 1. The zero-order valence-corrected chi connectivity index (χ0v) is 16.6. The van der Waals surface area contributed by atoms with E-state index in [2.05, 4.69) is 0 Å². The molecule has 0 saturated heterocycles. The molecule has 0 bridgehead atoms. The van der Waals surface area contributed by atoms with Crippen LogP contribution >= 0.6 is 0 Å². The van der Waals surface area contributed by atoms with Crippen LogP contribution in [0.5, 0.6) is 5.75 Å². The van der Waals surface area contributed by atoms with Crippen LogP contribution in [0.25, 0.3) is 0 Å². The molecular formula is C23H25NO4. The van der Waals surface area contributed by atoms with E-state index >= 15 is 0 Å². The van der Waals surface area contributed by atoms with Crippen LogP contribution in [0.15, 0.2) is 59.9 Å². The van der Waals surface area contributed by atoms with Crippen LogP contribution in [0.1, 0.15) is 37.9 Å². The summed E-state index contributed by atoms with van der Waals surface area (Å²) in [6.07, 6.45) is 0. The van der Waals surface area contributed by atoms with Crippen molar-refractivity contribution in [2.75, 3.05) is 11.5 Å². The Kier molecular flexibility index (Phi) is 5.54.